The fraction of sp³-hybridized carbons (Fsp3) is 0.0435. The molecule has 7 heteroatoms. The molecule has 30 heavy (non-hydrogen) atoms. The van der Waals surface area contributed by atoms with Gasteiger partial charge in [0, 0.05) is 11.9 Å². The van der Waals surface area contributed by atoms with Gasteiger partial charge in [0.25, 0.3) is 0 Å². The maximum atomic E-state index is 8.91. The van der Waals surface area contributed by atoms with Crippen molar-refractivity contribution in [1.82, 2.24) is 4.57 Å². The summed E-state index contributed by atoms with van der Waals surface area (Å²) in [5.74, 6) is 1.28. The Balaban J connectivity index is 1.85. The van der Waals surface area contributed by atoms with Gasteiger partial charge in [0.05, 0.1) is 16.3 Å². The highest BCUT2D eigenvalue weighted by atomic mass is 32.1. The van der Waals surface area contributed by atoms with Crippen molar-refractivity contribution < 1.29 is 4.42 Å². The standard InChI is InChI=1S/C23H13N5OS/c1-28-20(22-9-5-18(29-22)4-2-3-16(12-24)13-25)7-8-21(28)23-10-6-19(30-23)11-17(14-26)15-27/h2-11H,1H3/b4-2+. The molecule has 3 aromatic rings. The summed E-state index contributed by atoms with van der Waals surface area (Å²) in [6.45, 7) is 0. The predicted octanol–water partition coefficient (Wildman–Crippen LogP) is 5.43. The minimum absolute atomic E-state index is 0.0203. The van der Waals surface area contributed by atoms with Gasteiger partial charge >= 0.3 is 0 Å². The SMILES string of the molecule is Cn1c(-c2ccc(/C=C/C=C(C#N)C#N)o2)ccc1-c1ccc(C=C(C#N)C#N)s1. The predicted molar refractivity (Wildman–Crippen MR) is 114 cm³/mol. The molecule has 0 aromatic carbocycles. The molecule has 0 aliphatic heterocycles. The van der Waals surface area contributed by atoms with E-state index in [2.05, 4.69) is 0 Å². The molecule has 3 heterocycles. The molecule has 0 saturated carbocycles. The first-order chi connectivity index (χ1) is 14.6. The van der Waals surface area contributed by atoms with Crippen LogP contribution in [-0.2, 0) is 7.05 Å². The molecule has 3 aromatic heterocycles. The first-order valence-electron chi connectivity index (χ1n) is 8.66. The fourth-order valence-corrected chi connectivity index (χ4v) is 3.74. The maximum absolute atomic E-state index is 8.91. The van der Waals surface area contributed by atoms with Gasteiger partial charge in [-0.3, -0.25) is 0 Å². The molecule has 6 nitrogen and oxygen atoms in total. The van der Waals surface area contributed by atoms with Crippen molar-refractivity contribution in [3.63, 3.8) is 0 Å². The van der Waals surface area contributed by atoms with E-state index < -0.39 is 0 Å². The Hall–Kier alpha value is -4.56. The van der Waals surface area contributed by atoms with Gasteiger partial charge < -0.3 is 8.98 Å². The molecule has 0 N–H and O–H groups in total. The van der Waals surface area contributed by atoms with Gasteiger partial charge in [-0.05, 0) is 54.6 Å². The Bertz CT molecular complexity index is 1320. The van der Waals surface area contributed by atoms with Crippen LogP contribution in [0.3, 0.4) is 0 Å². The monoisotopic (exact) mass is 407 g/mol. The summed E-state index contributed by atoms with van der Waals surface area (Å²) < 4.78 is 7.86. The van der Waals surface area contributed by atoms with Crippen LogP contribution in [0.25, 0.3) is 34.2 Å². The Morgan fingerprint density at radius 1 is 0.900 bits per heavy atom. The molecule has 0 fully saturated rings. The van der Waals surface area contributed by atoms with Crippen LogP contribution in [-0.4, -0.2) is 4.57 Å². The Morgan fingerprint density at radius 3 is 2.30 bits per heavy atom. The fourth-order valence-electron chi connectivity index (χ4n) is 2.72. The van der Waals surface area contributed by atoms with Gasteiger partial charge in [0.1, 0.15) is 41.2 Å². The highest BCUT2D eigenvalue weighted by Crippen LogP contribution is 2.33. The van der Waals surface area contributed by atoms with Gasteiger partial charge in [0.15, 0.2) is 5.76 Å². The molecule has 0 atom stereocenters. The van der Waals surface area contributed by atoms with E-state index in [9.17, 15) is 0 Å². The van der Waals surface area contributed by atoms with Crippen molar-refractivity contribution in [2.24, 2.45) is 7.05 Å². The summed E-state index contributed by atoms with van der Waals surface area (Å²) in [4.78, 5) is 1.83. The van der Waals surface area contributed by atoms with Crippen LogP contribution in [0.4, 0.5) is 0 Å². The second kappa shape index (κ2) is 9.09. The second-order valence-electron chi connectivity index (χ2n) is 6.01. The quantitative estimate of drug-likeness (QED) is 0.413. The van der Waals surface area contributed by atoms with E-state index in [0.717, 1.165) is 21.1 Å². The maximum Gasteiger partial charge on any atom is 0.151 e. The van der Waals surface area contributed by atoms with Crippen LogP contribution in [0.5, 0.6) is 0 Å². The molecule has 0 unspecified atom stereocenters. The largest absolute Gasteiger partial charge is 0.455 e. The minimum atomic E-state index is 0.0203. The molecule has 0 amide bonds. The normalized spacial score (nSPS) is 9.90. The molecule has 3 rings (SSSR count). The summed E-state index contributed by atoms with van der Waals surface area (Å²) in [7, 11) is 1.93. The number of thiophene rings is 1. The minimum Gasteiger partial charge on any atom is -0.455 e. The highest BCUT2D eigenvalue weighted by Gasteiger charge is 2.13. The zero-order chi connectivity index (χ0) is 21.5. The molecular weight excluding hydrogens is 394 g/mol. The van der Waals surface area contributed by atoms with Crippen LogP contribution in [0.2, 0.25) is 0 Å². The third-order valence-corrected chi connectivity index (χ3v) is 5.23. The van der Waals surface area contributed by atoms with Gasteiger partial charge in [-0.1, -0.05) is 6.08 Å². The van der Waals surface area contributed by atoms with Crippen molar-refractivity contribution in [2.45, 2.75) is 0 Å². The number of hydrogen-bond acceptors (Lipinski definition) is 6. The van der Waals surface area contributed by atoms with Crippen molar-refractivity contribution >= 4 is 23.5 Å². The average molecular weight is 407 g/mol. The number of rotatable bonds is 5. The third-order valence-electron chi connectivity index (χ3n) is 4.17. The van der Waals surface area contributed by atoms with Crippen molar-refractivity contribution in [1.29, 1.82) is 21.0 Å². The summed E-state index contributed by atoms with van der Waals surface area (Å²) >= 11 is 1.49. The summed E-state index contributed by atoms with van der Waals surface area (Å²) in [5, 5.41) is 35.3. The lowest BCUT2D eigenvalue weighted by molar-refractivity contribution is 0.567. The number of nitriles is 4. The molecule has 0 aliphatic rings. The number of hydrogen-bond donors (Lipinski definition) is 0. The summed E-state index contributed by atoms with van der Waals surface area (Å²) in [6.07, 6.45) is 6.28. The molecule has 0 saturated heterocycles. The number of nitrogens with zero attached hydrogens (tertiary/aromatic N) is 5. The van der Waals surface area contributed by atoms with E-state index in [4.69, 9.17) is 25.5 Å². The smallest absolute Gasteiger partial charge is 0.151 e. The van der Waals surface area contributed by atoms with Gasteiger partial charge in [-0.15, -0.1) is 11.3 Å². The molecule has 0 bridgehead atoms. The van der Waals surface area contributed by atoms with Crippen LogP contribution in [0.1, 0.15) is 10.6 Å². The first kappa shape index (κ1) is 20.2. The van der Waals surface area contributed by atoms with Crippen LogP contribution in [0.15, 0.2) is 64.1 Å². The molecule has 142 valence electrons. The molecular formula is C23H13N5OS. The van der Waals surface area contributed by atoms with Gasteiger partial charge in [0.2, 0.25) is 0 Å². The topological polar surface area (TPSA) is 113 Å². The molecule has 0 spiro atoms. The van der Waals surface area contributed by atoms with E-state index in [1.54, 1.807) is 30.4 Å². The van der Waals surface area contributed by atoms with E-state index >= 15 is 0 Å². The van der Waals surface area contributed by atoms with Crippen LogP contribution < -0.4 is 0 Å². The zero-order valence-electron chi connectivity index (χ0n) is 15.8. The summed E-state index contributed by atoms with van der Waals surface area (Å²) in [6, 6.07) is 18.7. The van der Waals surface area contributed by atoms with Crippen molar-refractivity contribution in [2.75, 3.05) is 0 Å². The van der Waals surface area contributed by atoms with E-state index in [0.29, 0.717) is 11.5 Å². The van der Waals surface area contributed by atoms with Crippen molar-refractivity contribution in [3.8, 4) is 46.3 Å². The number of furan rings is 1. The lowest BCUT2D eigenvalue weighted by Gasteiger charge is -2.04. The Morgan fingerprint density at radius 2 is 1.60 bits per heavy atom. The first-order valence-corrected chi connectivity index (χ1v) is 9.48. The average Bonchev–Trinajstić information content (AvgIpc) is 3.49. The van der Waals surface area contributed by atoms with Crippen molar-refractivity contribution in [3.05, 3.63) is 70.3 Å². The summed E-state index contributed by atoms with van der Waals surface area (Å²) in [5.41, 5.74) is 1.95. The Kier molecular flexibility index (Phi) is 6.11. The lowest BCUT2D eigenvalue weighted by atomic mass is 10.2. The third kappa shape index (κ3) is 4.29. The van der Waals surface area contributed by atoms with E-state index in [1.165, 1.54) is 17.4 Å². The van der Waals surface area contributed by atoms with E-state index in [-0.39, 0.29) is 11.1 Å². The van der Waals surface area contributed by atoms with Crippen LogP contribution in [0, 0.1) is 45.3 Å². The number of aromatic nitrogens is 1. The molecule has 0 aliphatic carbocycles. The zero-order valence-corrected chi connectivity index (χ0v) is 16.6. The molecule has 0 radical (unpaired) electrons. The van der Waals surface area contributed by atoms with Crippen LogP contribution >= 0.6 is 11.3 Å². The Labute approximate surface area is 177 Å². The van der Waals surface area contributed by atoms with E-state index in [1.807, 2.05) is 60.2 Å². The van der Waals surface area contributed by atoms with Gasteiger partial charge in [-0.2, -0.15) is 21.0 Å². The number of allylic oxidation sites excluding steroid dienone is 4. The van der Waals surface area contributed by atoms with Gasteiger partial charge in [-0.25, -0.2) is 0 Å². The highest BCUT2D eigenvalue weighted by molar-refractivity contribution is 7.16. The lowest BCUT2D eigenvalue weighted by Crippen LogP contribution is -1.92. The second-order valence-corrected chi connectivity index (χ2v) is 7.13.